The van der Waals surface area contributed by atoms with E-state index in [0.717, 1.165) is 18.0 Å². The van der Waals surface area contributed by atoms with E-state index in [4.69, 9.17) is 5.11 Å². The van der Waals surface area contributed by atoms with Crippen LogP contribution in [0, 0.1) is 5.92 Å². The van der Waals surface area contributed by atoms with E-state index in [0.29, 0.717) is 19.0 Å². The zero-order chi connectivity index (χ0) is 6.69. The molecule has 1 N–H and O–H groups in total. The fourth-order valence-corrected chi connectivity index (χ4v) is 1.08. The van der Waals surface area contributed by atoms with E-state index in [2.05, 4.69) is 0 Å². The standard InChI is InChI=1S/C6H12FNO/c7-8-3-1-6(5-9)2-4-8/h6,9H,1-5H2. The molecule has 1 aliphatic heterocycles. The van der Waals surface area contributed by atoms with Crippen LogP contribution in [-0.4, -0.2) is 29.9 Å². The Morgan fingerprint density at radius 3 is 2.44 bits per heavy atom. The molecule has 1 aliphatic rings. The molecule has 0 unspecified atom stereocenters. The molecule has 0 aromatic heterocycles. The van der Waals surface area contributed by atoms with E-state index in [-0.39, 0.29) is 6.61 Å². The van der Waals surface area contributed by atoms with E-state index < -0.39 is 0 Å². The Morgan fingerprint density at radius 1 is 1.44 bits per heavy atom. The molecule has 0 amide bonds. The molecule has 1 heterocycles. The van der Waals surface area contributed by atoms with Crippen LogP contribution in [-0.2, 0) is 0 Å². The van der Waals surface area contributed by atoms with Crippen LogP contribution in [0.4, 0.5) is 4.48 Å². The highest BCUT2D eigenvalue weighted by molar-refractivity contribution is 4.66. The van der Waals surface area contributed by atoms with Gasteiger partial charge in [0.2, 0.25) is 0 Å². The first-order chi connectivity index (χ1) is 4.33. The zero-order valence-corrected chi connectivity index (χ0v) is 5.39. The van der Waals surface area contributed by atoms with Crippen LogP contribution >= 0.6 is 0 Å². The van der Waals surface area contributed by atoms with E-state index in [1.165, 1.54) is 0 Å². The van der Waals surface area contributed by atoms with Gasteiger partial charge in [0.1, 0.15) is 0 Å². The van der Waals surface area contributed by atoms with Gasteiger partial charge in [0, 0.05) is 19.7 Å². The van der Waals surface area contributed by atoms with Crippen molar-refractivity contribution in [3.63, 3.8) is 0 Å². The second-order valence-electron chi connectivity index (χ2n) is 2.54. The van der Waals surface area contributed by atoms with Gasteiger partial charge in [-0.2, -0.15) is 0 Å². The summed E-state index contributed by atoms with van der Waals surface area (Å²) in [6, 6.07) is 0. The Bertz CT molecular complexity index is 81.1. The molecule has 3 heteroatoms. The average molecular weight is 133 g/mol. The maximum absolute atomic E-state index is 12.2. The Hall–Kier alpha value is -0.150. The van der Waals surface area contributed by atoms with Gasteiger partial charge in [-0.05, 0) is 18.8 Å². The maximum atomic E-state index is 12.2. The van der Waals surface area contributed by atoms with E-state index in [1.807, 2.05) is 0 Å². The van der Waals surface area contributed by atoms with E-state index in [9.17, 15) is 4.48 Å². The molecule has 0 spiro atoms. The summed E-state index contributed by atoms with van der Waals surface area (Å²) >= 11 is 0. The van der Waals surface area contributed by atoms with Crippen molar-refractivity contribution >= 4 is 0 Å². The number of piperidine rings is 1. The highest BCUT2D eigenvalue weighted by Gasteiger charge is 2.17. The number of halogens is 1. The molecule has 54 valence electrons. The van der Waals surface area contributed by atoms with Gasteiger partial charge in [0.15, 0.2) is 0 Å². The van der Waals surface area contributed by atoms with Crippen molar-refractivity contribution in [3.05, 3.63) is 0 Å². The number of aliphatic hydroxyl groups excluding tert-OH is 1. The Labute approximate surface area is 54.2 Å². The van der Waals surface area contributed by atoms with Crippen LogP contribution in [0.25, 0.3) is 0 Å². The molecular weight excluding hydrogens is 121 g/mol. The third kappa shape index (κ3) is 1.91. The molecule has 0 aromatic carbocycles. The van der Waals surface area contributed by atoms with Crippen molar-refractivity contribution in [3.8, 4) is 0 Å². The summed E-state index contributed by atoms with van der Waals surface area (Å²) in [5, 5.41) is 9.45. The minimum Gasteiger partial charge on any atom is -0.396 e. The van der Waals surface area contributed by atoms with Gasteiger partial charge in [0.05, 0.1) is 0 Å². The van der Waals surface area contributed by atoms with Gasteiger partial charge in [-0.25, -0.2) is 0 Å². The first-order valence-electron chi connectivity index (χ1n) is 3.34. The minimum atomic E-state index is 0.216. The van der Waals surface area contributed by atoms with Crippen LogP contribution < -0.4 is 0 Å². The predicted octanol–water partition coefficient (Wildman–Crippen LogP) is 0.575. The summed E-state index contributed by atoms with van der Waals surface area (Å²) in [7, 11) is 0. The second-order valence-corrected chi connectivity index (χ2v) is 2.54. The first-order valence-corrected chi connectivity index (χ1v) is 3.34. The maximum Gasteiger partial charge on any atom is 0.0460 e. The highest BCUT2D eigenvalue weighted by atomic mass is 19.2. The Kier molecular flexibility index (Phi) is 2.42. The van der Waals surface area contributed by atoms with Crippen molar-refractivity contribution in [2.45, 2.75) is 12.8 Å². The molecule has 1 saturated heterocycles. The fraction of sp³-hybridized carbons (Fsp3) is 1.00. The topological polar surface area (TPSA) is 23.5 Å². The van der Waals surface area contributed by atoms with Gasteiger partial charge >= 0.3 is 0 Å². The summed E-state index contributed by atoms with van der Waals surface area (Å²) in [5.41, 5.74) is 0. The highest BCUT2D eigenvalue weighted by Crippen LogP contribution is 2.15. The molecule has 0 radical (unpaired) electrons. The normalized spacial score (nSPS) is 24.7. The number of aliphatic hydroxyl groups is 1. The van der Waals surface area contributed by atoms with Gasteiger partial charge in [-0.1, -0.05) is 0 Å². The van der Waals surface area contributed by atoms with Crippen LogP contribution in [0.3, 0.4) is 0 Å². The molecule has 1 rings (SSSR count). The molecule has 0 aromatic rings. The van der Waals surface area contributed by atoms with Gasteiger partial charge in [0.25, 0.3) is 0 Å². The minimum absolute atomic E-state index is 0.216. The Balaban J connectivity index is 2.18. The van der Waals surface area contributed by atoms with Crippen LogP contribution in [0.5, 0.6) is 0 Å². The third-order valence-corrected chi connectivity index (χ3v) is 1.82. The molecular formula is C6H12FNO. The number of rotatable bonds is 1. The van der Waals surface area contributed by atoms with Gasteiger partial charge in [-0.3, -0.25) is 0 Å². The average Bonchev–Trinajstić information content (AvgIpc) is 1.90. The summed E-state index contributed by atoms with van der Waals surface area (Å²) in [4.78, 5) is 0. The SMILES string of the molecule is OCC1CCN(F)CC1. The number of nitrogens with zero attached hydrogens (tertiary/aromatic N) is 1. The van der Waals surface area contributed by atoms with E-state index in [1.54, 1.807) is 0 Å². The van der Waals surface area contributed by atoms with Gasteiger partial charge < -0.3 is 5.11 Å². The van der Waals surface area contributed by atoms with Crippen molar-refractivity contribution in [2.24, 2.45) is 5.92 Å². The van der Waals surface area contributed by atoms with Crippen LogP contribution in [0.2, 0.25) is 0 Å². The summed E-state index contributed by atoms with van der Waals surface area (Å²) in [6.45, 7) is 1.20. The second kappa shape index (κ2) is 3.13. The molecule has 9 heavy (non-hydrogen) atoms. The quantitative estimate of drug-likeness (QED) is 0.529. The summed E-state index contributed by atoms with van der Waals surface area (Å²) in [5.74, 6) is 0.344. The summed E-state index contributed by atoms with van der Waals surface area (Å²) < 4.78 is 12.2. The fourth-order valence-electron chi connectivity index (χ4n) is 1.08. The predicted molar refractivity (Wildman–Crippen MR) is 32.5 cm³/mol. The summed E-state index contributed by atoms with van der Waals surface area (Å²) in [6.07, 6.45) is 1.60. The van der Waals surface area contributed by atoms with Crippen molar-refractivity contribution in [2.75, 3.05) is 19.7 Å². The molecule has 0 bridgehead atoms. The van der Waals surface area contributed by atoms with Crippen molar-refractivity contribution in [1.29, 1.82) is 0 Å². The van der Waals surface area contributed by atoms with Gasteiger partial charge in [-0.15, -0.1) is 9.60 Å². The van der Waals surface area contributed by atoms with Crippen molar-refractivity contribution < 1.29 is 9.59 Å². The van der Waals surface area contributed by atoms with E-state index >= 15 is 0 Å². The number of hydrogen-bond donors (Lipinski definition) is 1. The molecule has 2 nitrogen and oxygen atoms in total. The number of hydrogen-bond acceptors (Lipinski definition) is 2. The third-order valence-electron chi connectivity index (χ3n) is 1.82. The lowest BCUT2D eigenvalue weighted by Gasteiger charge is -2.23. The monoisotopic (exact) mass is 133 g/mol. The molecule has 0 atom stereocenters. The zero-order valence-electron chi connectivity index (χ0n) is 5.39. The molecule has 0 saturated carbocycles. The Morgan fingerprint density at radius 2 is 2.00 bits per heavy atom. The first kappa shape index (κ1) is 6.96. The smallest absolute Gasteiger partial charge is 0.0460 e. The molecule has 1 fully saturated rings. The van der Waals surface area contributed by atoms with Crippen LogP contribution in [0.15, 0.2) is 0 Å². The van der Waals surface area contributed by atoms with Crippen LogP contribution in [0.1, 0.15) is 12.8 Å². The lowest BCUT2D eigenvalue weighted by atomic mass is 9.99. The lowest BCUT2D eigenvalue weighted by Crippen LogP contribution is -2.28. The molecule has 0 aliphatic carbocycles. The lowest BCUT2D eigenvalue weighted by molar-refractivity contribution is -0.0164. The van der Waals surface area contributed by atoms with Crippen molar-refractivity contribution in [1.82, 2.24) is 5.12 Å². The largest absolute Gasteiger partial charge is 0.396 e.